The highest BCUT2D eigenvalue weighted by atomic mass is 14.8. The molecule has 1 heteroatoms. The van der Waals surface area contributed by atoms with Crippen LogP contribution in [0.25, 0.3) is 22.3 Å². The van der Waals surface area contributed by atoms with Crippen LogP contribution in [0.2, 0.25) is 0 Å². The summed E-state index contributed by atoms with van der Waals surface area (Å²) in [5.41, 5.74) is 17.3. The van der Waals surface area contributed by atoms with Crippen LogP contribution in [-0.4, -0.2) is 5.71 Å². The van der Waals surface area contributed by atoms with E-state index in [1.807, 2.05) is 33.8 Å². The Morgan fingerprint density at radius 1 is 0.800 bits per heavy atom. The van der Waals surface area contributed by atoms with Crippen molar-refractivity contribution in [3.05, 3.63) is 179 Å². The Labute approximate surface area is 303 Å². The highest BCUT2D eigenvalue weighted by Crippen LogP contribution is 2.54. The van der Waals surface area contributed by atoms with Gasteiger partial charge in [0, 0.05) is 5.41 Å². The van der Waals surface area contributed by atoms with Crippen molar-refractivity contribution in [3.63, 3.8) is 0 Å². The minimum Gasteiger partial charge on any atom is -0.272 e. The van der Waals surface area contributed by atoms with Gasteiger partial charge in [-0.1, -0.05) is 176 Å². The third-order valence-corrected chi connectivity index (χ3v) is 9.69. The molecule has 258 valence electrons. The Kier molecular flexibility index (Phi) is 13.5. The van der Waals surface area contributed by atoms with Gasteiger partial charge in [0.25, 0.3) is 0 Å². The maximum Gasteiger partial charge on any atom is 0.102 e. The Bertz CT molecular complexity index is 1910. The molecule has 1 nitrogen and oxygen atoms in total. The fourth-order valence-corrected chi connectivity index (χ4v) is 7.42. The zero-order chi connectivity index (χ0) is 36.3. The molecule has 1 atom stereocenters. The topological polar surface area (TPSA) is 12.4 Å². The van der Waals surface area contributed by atoms with Crippen LogP contribution in [-0.2, 0) is 5.41 Å². The molecule has 1 aliphatic heterocycles. The fourth-order valence-electron chi connectivity index (χ4n) is 7.42. The van der Waals surface area contributed by atoms with E-state index in [-0.39, 0.29) is 11.5 Å². The Hall–Kier alpha value is -4.75. The monoisotopic (exact) mass is 659 g/mol. The summed E-state index contributed by atoms with van der Waals surface area (Å²) in [5, 5.41) is 0. The summed E-state index contributed by atoms with van der Waals surface area (Å²) in [6.07, 6.45) is 16.2. The summed E-state index contributed by atoms with van der Waals surface area (Å²) in [6, 6.07) is 32.8. The van der Waals surface area contributed by atoms with Crippen LogP contribution in [0.15, 0.2) is 145 Å². The SMILES string of the molecule is C=C/C=C\CC.CC.CC.Cc1ccc2c(c1-c1cccc(C3N=C(c4ccccc4)C=C3c3ccccc3)c1C)C(C)(C)C1=C2CCC=C1. The number of benzene rings is 4. The van der Waals surface area contributed by atoms with Crippen molar-refractivity contribution >= 4 is 16.9 Å². The van der Waals surface area contributed by atoms with E-state index in [1.54, 1.807) is 11.6 Å². The van der Waals surface area contributed by atoms with Gasteiger partial charge in [-0.05, 0) is 106 Å². The second-order valence-electron chi connectivity index (χ2n) is 13.0. The van der Waals surface area contributed by atoms with Crippen molar-refractivity contribution in [1.82, 2.24) is 0 Å². The average molecular weight is 660 g/mol. The maximum absolute atomic E-state index is 5.37. The van der Waals surface area contributed by atoms with Crippen molar-refractivity contribution in [3.8, 4) is 11.1 Å². The number of allylic oxidation sites excluding steroid dienone is 8. The number of aliphatic imine (C=N–C) groups is 1. The summed E-state index contributed by atoms with van der Waals surface area (Å²) < 4.78 is 0. The number of fused-ring (bicyclic) bond motifs is 2. The van der Waals surface area contributed by atoms with Gasteiger partial charge in [-0.15, -0.1) is 0 Å². The quantitative estimate of drug-likeness (QED) is 0.183. The van der Waals surface area contributed by atoms with Crippen molar-refractivity contribution in [2.24, 2.45) is 4.99 Å². The van der Waals surface area contributed by atoms with E-state index in [4.69, 9.17) is 4.99 Å². The molecule has 4 aromatic carbocycles. The molecule has 0 saturated carbocycles. The molecule has 0 amide bonds. The zero-order valence-electron chi connectivity index (χ0n) is 32.0. The first-order valence-corrected chi connectivity index (χ1v) is 18.7. The molecule has 7 rings (SSSR count). The number of nitrogens with zero attached hydrogens (tertiary/aromatic N) is 1. The minimum absolute atomic E-state index is 0.0214. The second-order valence-corrected chi connectivity index (χ2v) is 13.0. The van der Waals surface area contributed by atoms with Gasteiger partial charge in [0.2, 0.25) is 0 Å². The molecule has 0 radical (unpaired) electrons. The fraction of sp³-hybridized carbons (Fsp3) is 0.286. The largest absolute Gasteiger partial charge is 0.272 e. The minimum atomic E-state index is -0.0445. The Morgan fingerprint density at radius 2 is 1.46 bits per heavy atom. The first-order valence-electron chi connectivity index (χ1n) is 18.7. The molecule has 1 unspecified atom stereocenters. The van der Waals surface area contributed by atoms with E-state index in [0.29, 0.717) is 0 Å². The lowest BCUT2D eigenvalue weighted by Gasteiger charge is -2.28. The van der Waals surface area contributed by atoms with E-state index in [2.05, 4.69) is 156 Å². The van der Waals surface area contributed by atoms with Gasteiger partial charge in [0.1, 0.15) is 6.04 Å². The van der Waals surface area contributed by atoms with Crippen LogP contribution < -0.4 is 0 Å². The lowest BCUT2D eigenvalue weighted by molar-refractivity contribution is 0.652. The molecule has 0 bridgehead atoms. The van der Waals surface area contributed by atoms with Crippen molar-refractivity contribution in [2.75, 3.05) is 0 Å². The second kappa shape index (κ2) is 17.8. The van der Waals surface area contributed by atoms with Gasteiger partial charge in [-0.2, -0.15) is 0 Å². The summed E-state index contributed by atoms with van der Waals surface area (Å²) in [5.74, 6) is 0. The molecule has 4 aromatic rings. The Balaban J connectivity index is 0.000000504. The van der Waals surface area contributed by atoms with Crippen molar-refractivity contribution in [2.45, 2.75) is 93.0 Å². The summed E-state index contributed by atoms with van der Waals surface area (Å²) >= 11 is 0. The standard InChI is InChI=1S/C39H35N.C6H10.2C2H6/c1-25-22-23-32-31-18-11-12-21-34(31)39(3,4)37(32)36(25)29-19-13-20-30(26(29)2)38-33(27-14-7-5-8-15-27)24-35(40-38)28-16-9-6-10-17-28;1-3-5-6-4-2;2*1-2/h5-10,12-17,19-24,38H,11,18H2,1-4H3;3,5-6H,1,4H2,2H3;2*1-2H3/b;6-5-;;. The van der Waals surface area contributed by atoms with E-state index in [1.165, 1.54) is 55.7 Å². The summed E-state index contributed by atoms with van der Waals surface area (Å²) in [7, 11) is 0. The molecule has 0 fully saturated rings. The third kappa shape index (κ3) is 7.68. The average Bonchev–Trinajstić information content (AvgIpc) is 3.71. The van der Waals surface area contributed by atoms with Gasteiger partial charge in [0.15, 0.2) is 0 Å². The highest BCUT2D eigenvalue weighted by molar-refractivity contribution is 6.15. The number of aryl methyl sites for hydroxylation is 1. The first-order chi connectivity index (χ1) is 24.4. The summed E-state index contributed by atoms with van der Waals surface area (Å²) in [4.78, 5) is 5.37. The lowest BCUT2D eigenvalue weighted by Crippen LogP contribution is -2.18. The zero-order valence-corrected chi connectivity index (χ0v) is 32.0. The van der Waals surface area contributed by atoms with Gasteiger partial charge in [-0.25, -0.2) is 0 Å². The number of hydrogen-bond donors (Lipinski definition) is 0. The van der Waals surface area contributed by atoms with Crippen molar-refractivity contribution < 1.29 is 0 Å². The molecule has 0 aromatic heterocycles. The van der Waals surface area contributed by atoms with Crippen LogP contribution in [0.4, 0.5) is 0 Å². The van der Waals surface area contributed by atoms with Crippen LogP contribution in [0.3, 0.4) is 0 Å². The molecule has 1 heterocycles. The predicted octanol–water partition coefficient (Wildman–Crippen LogP) is 14.2. The number of rotatable bonds is 6. The molecule has 50 heavy (non-hydrogen) atoms. The molecule has 3 aliphatic rings. The molecular formula is C49H57N. The normalized spacial score (nSPS) is 16.5. The van der Waals surface area contributed by atoms with Gasteiger partial charge < -0.3 is 0 Å². The molecular weight excluding hydrogens is 603 g/mol. The smallest absolute Gasteiger partial charge is 0.102 e. The van der Waals surface area contributed by atoms with Crippen LogP contribution in [0.5, 0.6) is 0 Å². The molecule has 0 N–H and O–H groups in total. The van der Waals surface area contributed by atoms with E-state index in [0.717, 1.165) is 30.5 Å². The molecule has 2 aliphatic carbocycles. The molecule has 0 spiro atoms. The van der Waals surface area contributed by atoms with Gasteiger partial charge in [0.05, 0.1) is 5.71 Å². The highest BCUT2D eigenvalue weighted by Gasteiger charge is 2.40. The van der Waals surface area contributed by atoms with Crippen LogP contribution in [0, 0.1) is 13.8 Å². The van der Waals surface area contributed by atoms with E-state index in [9.17, 15) is 0 Å². The maximum atomic E-state index is 5.37. The van der Waals surface area contributed by atoms with E-state index < -0.39 is 0 Å². The van der Waals surface area contributed by atoms with E-state index >= 15 is 0 Å². The van der Waals surface area contributed by atoms with Crippen LogP contribution in [0.1, 0.15) is 113 Å². The lowest BCUT2D eigenvalue weighted by atomic mass is 9.75. The van der Waals surface area contributed by atoms with Crippen LogP contribution >= 0.6 is 0 Å². The Morgan fingerprint density at radius 3 is 2.08 bits per heavy atom. The van der Waals surface area contributed by atoms with Gasteiger partial charge >= 0.3 is 0 Å². The third-order valence-electron chi connectivity index (χ3n) is 9.69. The predicted molar refractivity (Wildman–Crippen MR) is 222 cm³/mol. The summed E-state index contributed by atoms with van der Waals surface area (Å²) in [6.45, 7) is 23.0. The first kappa shape index (κ1) is 38.1. The number of hydrogen-bond acceptors (Lipinski definition) is 1. The van der Waals surface area contributed by atoms with Gasteiger partial charge in [-0.3, -0.25) is 4.99 Å². The van der Waals surface area contributed by atoms with Crippen molar-refractivity contribution in [1.29, 1.82) is 0 Å². The molecule has 0 saturated heterocycles.